The highest BCUT2D eigenvalue weighted by molar-refractivity contribution is 5.73. The Kier molecular flexibility index (Phi) is 6.55. The van der Waals surface area contributed by atoms with Gasteiger partial charge in [0.2, 0.25) is 5.95 Å². The van der Waals surface area contributed by atoms with E-state index in [2.05, 4.69) is 32.8 Å². The minimum Gasteiger partial charge on any atom is -0.368 e. The molecule has 0 radical (unpaired) electrons. The van der Waals surface area contributed by atoms with Gasteiger partial charge in [0, 0.05) is 45.5 Å². The average molecular weight is 280 g/mol. The van der Waals surface area contributed by atoms with Crippen LogP contribution < -0.4 is 16.0 Å². The summed E-state index contributed by atoms with van der Waals surface area (Å²) in [4.78, 5) is 21.5. The highest BCUT2D eigenvalue weighted by Gasteiger charge is 2.04. The fourth-order valence-electron chi connectivity index (χ4n) is 1.45. The van der Waals surface area contributed by atoms with Gasteiger partial charge in [0.1, 0.15) is 5.82 Å². The van der Waals surface area contributed by atoms with Gasteiger partial charge in [-0.25, -0.2) is 9.78 Å². The van der Waals surface area contributed by atoms with Crippen LogP contribution in [0.3, 0.4) is 0 Å². The predicted molar refractivity (Wildman–Crippen MR) is 81.1 cm³/mol. The number of hydrogen-bond donors (Lipinski definition) is 3. The third kappa shape index (κ3) is 5.29. The molecule has 0 unspecified atom stereocenters. The van der Waals surface area contributed by atoms with E-state index in [1.54, 1.807) is 20.3 Å². The Morgan fingerprint density at radius 3 is 2.65 bits per heavy atom. The van der Waals surface area contributed by atoms with E-state index in [1.165, 1.54) is 4.90 Å². The van der Waals surface area contributed by atoms with Crippen molar-refractivity contribution in [2.45, 2.75) is 20.3 Å². The van der Waals surface area contributed by atoms with Crippen molar-refractivity contribution in [3.63, 3.8) is 0 Å². The number of amides is 2. The molecule has 0 saturated heterocycles. The number of nitrogens with zero attached hydrogens (tertiary/aromatic N) is 3. The second-order valence-corrected chi connectivity index (χ2v) is 4.71. The topological polar surface area (TPSA) is 82.2 Å². The molecule has 0 aliphatic rings. The van der Waals surface area contributed by atoms with E-state index < -0.39 is 0 Å². The maximum atomic E-state index is 11.3. The van der Waals surface area contributed by atoms with Crippen LogP contribution >= 0.6 is 0 Å². The first-order chi connectivity index (χ1) is 9.54. The van der Waals surface area contributed by atoms with Crippen LogP contribution in [0.4, 0.5) is 16.6 Å². The lowest BCUT2D eigenvalue weighted by Gasteiger charge is -2.13. The molecule has 20 heavy (non-hydrogen) atoms. The Labute approximate surface area is 120 Å². The van der Waals surface area contributed by atoms with E-state index in [4.69, 9.17) is 0 Å². The van der Waals surface area contributed by atoms with Gasteiger partial charge in [-0.1, -0.05) is 6.92 Å². The summed E-state index contributed by atoms with van der Waals surface area (Å²) in [7, 11) is 3.42. The van der Waals surface area contributed by atoms with Gasteiger partial charge < -0.3 is 20.9 Å². The molecule has 7 nitrogen and oxygen atoms in total. The van der Waals surface area contributed by atoms with Gasteiger partial charge in [-0.2, -0.15) is 4.98 Å². The molecule has 3 N–H and O–H groups in total. The summed E-state index contributed by atoms with van der Waals surface area (Å²) in [5, 5.41) is 9.13. The largest absolute Gasteiger partial charge is 0.368 e. The Balaban J connectivity index is 2.44. The van der Waals surface area contributed by atoms with Crippen LogP contribution in [0, 0.1) is 6.92 Å². The van der Waals surface area contributed by atoms with Crippen molar-refractivity contribution in [2.24, 2.45) is 0 Å². The SMILES string of the molecule is CCCNc1ncc(C)c(NCCNC(=O)N(C)C)n1. The van der Waals surface area contributed by atoms with Gasteiger partial charge in [-0.3, -0.25) is 0 Å². The third-order valence-electron chi connectivity index (χ3n) is 2.60. The number of rotatable bonds is 7. The molecular formula is C13H24N6O. The minimum atomic E-state index is -0.100. The summed E-state index contributed by atoms with van der Waals surface area (Å²) in [6.45, 7) is 6.04. The van der Waals surface area contributed by atoms with E-state index in [0.717, 1.165) is 24.3 Å². The van der Waals surface area contributed by atoms with E-state index >= 15 is 0 Å². The molecule has 1 rings (SSSR count). The van der Waals surface area contributed by atoms with E-state index in [0.29, 0.717) is 19.0 Å². The van der Waals surface area contributed by atoms with Crippen LogP contribution in [-0.4, -0.2) is 54.6 Å². The molecular weight excluding hydrogens is 256 g/mol. The first kappa shape index (κ1) is 16.0. The van der Waals surface area contributed by atoms with Crippen molar-refractivity contribution in [2.75, 3.05) is 44.4 Å². The zero-order chi connectivity index (χ0) is 15.0. The van der Waals surface area contributed by atoms with Gasteiger partial charge in [0.15, 0.2) is 0 Å². The van der Waals surface area contributed by atoms with Crippen molar-refractivity contribution < 1.29 is 4.79 Å². The molecule has 0 aliphatic carbocycles. The minimum absolute atomic E-state index is 0.100. The smallest absolute Gasteiger partial charge is 0.316 e. The normalized spacial score (nSPS) is 10.0. The Morgan fingerprint density at radius 2 is 2.00 bits per heavy atom. The second-order valence-electron chi connectivity index (χ2n) is 4.71. The Bertz CT molecular complexity index is 435. The highest BCUT2D eigenvalue weighted by Crippen LogP contribution is 2.11. The standard InChI is InChI=1S/C13H24N6O/c1-5-6-15-12-17-9-10(2)11(18-12)14-7-8-16-13(20)19(3)4/h9H,5-8H2,1-4H3,(H,16,20)(H2,14,15,17,18). The zero-order valence-electron chi connectivity index (χ0n) is 12.7. The Morgan fingerprint density at radius 1 is 1.25 bits per heavy atom. The third-order valence-corrected chi connectivity index (χ3v) is 2.60. The number of nitrogens with one attached hydrogen (secondary N) is 3. The van der Waals surface area contributed by atoms with Gasteiger partial charge in [0.05, 0.1) is 0 Å². The molecule has 0 saturated carbocycles. The number of urea groups is 1. The maximum Gasteiger partial charge on any atom is 0.316 e. The molecule has 1 aromatic heterocycles. The van der Waals surface area contributed by atoms with Crippen LogP contribution in [0.2, 0.25) is 0 Å². The molecule has 0 spiro atoms. The first-order valence-corrected chi connectivity index (χ1v) is 6.81. The fourth-order valence-corrected chi connectivity index (χ4v) is 1.45. The molecule has 7 heteroatoms. The van der Waals surface area contributed by atoms with Gasteiger partial charge >= 0.3 is 6.03 Å². The number of carbonyl (C=O) groups excluding carboxylic acids is 1. The van der Waals surface area contributed by atoms with E-state index in [-0.39, 0.29) is 6.03 Å². The van der Waals surface area contributed by atoms with E-state index in [1.807, 2.05) is 6.92 Å². The highest BCUT2D eigenvalue weighted by atomic mass is 16.2. The average Bonchev–Trinajstić information content (AvgIpc) is 2.43. The molecule has 2 amide bonds. The molecule has 0 aliphatic heterocycles. The lowest BCUT2D eigenvalue weighted by molar-refractivity contribution is 0.218. The maximum absolute atomic E-state index is 11.3. The van der Waals surface area contributed by atoms with E-state index in [9.17, 15) is 4.79 Å². The molecule has 0 atom stereocenters. The van der Waals surface area contributed by atoms with Crippen LogP contribution in [0.15, 0.2) is 6.20 Å². The van der Waals surface area contributed by atoms with Crippen LogP contribution in [0.5, 0.6) is 0 Å². The fraction of sp³-hybridized carbons (Fsp3) is 0.615. The number of anilines is 2. The first-order valence-electron chi connectivity index (χ1n) is 6.81. The van der Waals surface area contributed by atoms with Crippen molar-refractivity contribution in [3.8, 4) is 0 Å². The number of hydrogen-bond acceptors (Lipinski definition) is 5. The number of aryl methyl sites for hydroxylation is 1. The molecule has 0 bridgehead atoms. The molecule has 0 aromatic carbocycles. The molecule has 1 heterocycles. The van der Waals surface area contributed by atoms with Crippen LogP contribution in [0.25, 0.3) is 0 Å². The van der Waals surface area contributed by atoms with Gasteiger partial charge in [0.25, 0.3) is 0 Å². The van der Waals surface area contributed by atoms with Crippen molar-refractivity contribution in [1.82, 2.24) is 20.2 Å². The number of carbonyl (C=O) groups is 1. The summed E-state index contributed by atoms with van der Waals surface area (Å²) in [5.41, 5.74) is 0.978. The van der Waals surface area contributed by atoms with Crippen molar-refractivity contribution in [1.29, 1.82) is 0 Å². The van der Waals surface area contributed by atoms with Crippen LogP contribution in [0.1, 0.15) is 18.9 Å². The number of aromatic nitrogens is 2. The Hall–Kier alpha value is -2.05. The summed E-state index contributed by atoms with van der Waals surface area (Å²) in [5.74, 6) is 1.41. The van der Waals surface area contributed by atoms with Crippen molar-refractivity contribution in [3.05, 3.63) is 11.8 Å². The van der Waals surface area contributed by atoms with Gasteiger partial charge in [-0.05, 0) is 13.3 Å². The summed E-state index contributed by atoms with van der Waals surface area (Å²) >= 11 is 0. The van der Waals surface area contributed by atoms with Crippen molar-refractivity contribution >= 4 is 17.8 Å². The lowest BCUT2D eigenvalue weighted by atomic mass is 10.3. The van der Waals surface area contributed by atoms with Gasteiger partial charge in [-0.15, -0.1) is 0 Å². The monoisotopic (exact) mass is 280 g/mol. The van der Waals surface area contributed by atoms with Crippen LogP contribution in [-0.2, 0) is 0 Å². The molecule has 0 fully saturated rings. The summed E-state index contributed by atoms with van der Waals surface area (Å²) in [6, 6.07) is -0.100. The summed E-state index contributed by atoms with van der Waals surface area (Å²) in [6.07, 6.45) is 2.81. The second kappa shape index (κ2) is 8.19. The summed E-state index contributed by atoms with van der Waals surface area (Å²) < 4.78 is 0. The molecule has 1 aromatic rings. The zero-order valence-corrected chi connectivity index (χ0v) is 12.7. The quantitative estimate of drug-likeness (QED) is 0.656. The predicted octanol–water partition coefficient (Wildman–Crippen LogP) is 1.29. The lowest BCUT2D eigenvalue weighted by Crippen LogP contribution is -2.37. The molecule has 112 valence electrons.